The van der Waals surface area contributed by atoms with Gasteiger partial charge in [0.1, 0.15) is 17.2 Å². The Morgan fingerprint density at radius 2 is 1.70 bits per heavy atom. The van der Waals surface area contributed by atoms with Crippen LogP contribution in [-0.4, -0.2) is 31.4 Å². The van der Waals surface area contributed by atoms with Crippen LogP contribution >= 0.6 is 11.8 Å². The third kappa shape index (κ3) is 4.90. The molecule has 4 rings (SSSR count). The predicted octanol–water partition coefficient (Wildman–Crippen LogP) is 5.93. The Hall–Kier alpha value is -3.26. The minimum absolute atomic E-state index is 0.0901. The lowest BCUT2D eigenvalue weighted by molar-refractivity contribution is -0.113. The van der Waals surface area contributed by atoms with Crippen LogP contribution in [0.25, 0.3) is 16.7 Å². The first-order chi connectivity index (χ1) is 15.8. The SMILES string of the molecule is CC(C)c1cccc(C(C)C)c1NC(=O)CSc1ncnc2c1cnn2-c1ccc(F)cc1. The summed E-state index contributed by atoms with van der Waals surface area (Å²) in [5.74, 6) is 0.396. The largest absolute Gasteiger partial charge is 0.325 e. The molecule has 0 fully saturated rings. The van der Waals surface area contributed by atoms with Gasteiger partial charge >= 0.3 is 0 Å². The molecule has 4 aromatic rings. The second-order valence-corrected chi connectivity index (χ2v) is 9.37. The molecule has 0 saturated carbocycles. The number of thioether (sulfide) groups is 1. The van der Waals surface area contributed by atoms with E-state index < -0.39 is 0 Å². The van der Waals surface area contributed by atoms with E-state index in [0.29, 0.717) is 28.2 Å². The minimum Gasteiger partial charge on any atom is -0.325 e. The summed E-state index contributed by atoms with van der Waals surface area (Å²) in [6, 6.07) is 12.2. The van der Waals surface area contributed by atoms with Crippen LogP contribution in [0.15, 0.2) is 60.0 Å². The molecule has 1 N–H and O–H groups in total. The Bertz CT molecular complexity index is 1260. The number of halogens is 1. The first kappa shape index (κ1) is 22.9. The van der Waals surface area contributed by atoms with Crippen LogP contribution in [0.5, 0.6) is 0 Å². The van der Waals surface area contributed by atoms with Gasteiger partial charge < -0.3 is 5.32 Å². The summed E-state index contributed by atoms with van der Waals surface area (Å²) in [5.41, 5.74) is 4.47. The zero-order valence-electron chi connectivity index (χ0n) is 19.0. The average Bonchev–Trinajstić information content (AvgIpc) is 3.23. The van der Waals surface area contributed by atoms with Crippen molar-refractivity contribution in [2.45, 2.75) is 44.6 Å². The highest BCUT2D eigenvalue weighted by Crippen LogP contribution is 2.33. The van der Waals surface area contributed by atoms with Gasteiger partial charge in [-0.25, -0.2) is 19.0 Å². The first-order valence-electron chi connectivity index (χ1n) is 10.8. The molecule has 0 aliphatic carbocycles. The second-order valence-electron chi connectivity index (χ2n) is 8.41. The number of nitrogens with one attached hydrogen (secondary N) is 1. The molecule has 170 valence electrons. The summed E-state index contributed by atoms with van der Waals surface area (Å²) in [6.45, 7) is 8.50. The number of carbonyl (C=O) groups is 1. The zero-order chi connectivity index (χ0) is 23.5. The van der Waals surface area contributed by atoms with Crippen LogP contribution in [-0.2, 0) is 4.79 Å². The number of hydrogen-bond acceptors (Lipinski definition) is 5. The number of benzene rings is 2. The number of aromatic nitrogens is 4. The highest BCUT2D eigenvalue weighted by molar-refractivity contribution is 8.00. The fourth-order valence-corrected chi connectivity index (χ4v) is 4.47. The molecule has 8 heteroatoms. The quantitative estimate of drug-likeness (QED) is 0.272. The van der Waals surface area contributed by atoms with Gasteiger partial charge in [0.05, 0.1) is 23.0 Å². The number of carbonyl (C=O) groups excluding carboxylic acids is 1. The standard InChI is InChI=1S/C25H26FN5OS/c1-15(2)19-6-5-7-20(16(3)4)23(19)30-22(32)13-33-25-21-12-29-31(24(21)27-14-28-25)18-10-8-17(26)9-11-18/h5-12,14-16H,13H2,1-4H3,(H,30,32). The zero-order valence-corrected chi connectivity index (χ0v) is 19.9. The highest BCUT2D eigenvalue weighted by Gasteiger charge is 2.17. The van der Waals surface area contributed by atoms with Crippen molar-refractivity contribution in [3.05, 3.63) is 71.9 Å². The van der Waals surface area contributed by atoms with Crippen molar-refractivity contribution in [3.8, 4) is 5.69 Å². The van der Waals surface area contributed by atoms with Gasteiger partial charge in [-0.1, -0.05) is 57.7 Å². The Morgan fingerprint density at radius 3 is 2.33 bits per heavy atom. The van der Waals surface area contributed by atoms with E-state index in [4.69, 9.17) is 0 Å². The lowest BCUT2D eigenvalue weighted by Crippen LogP contribution is -2.17. The molecule has 0 bridgehead atoms. The third-order valence-electron chi connectivity index (χ3n) is 5.38. The fourth-order valence-electron chi connectivity index (χ4n) is 3.71. The third-order valence-corrected chi connectivity index (χ3v) is 6.38. The van der Waals surface area contributed by atoms with Gasteiger partial charge in [-0.3, -0.25) is 4.79 Å². The van der Waals surface area contributed by atoms with Crippen molar-refractivity contribution in [2.75, 3.05) is 11.1 Å². The number of nitrogens with zero attached hydrogens (tertiary/aromatic N) is 4. The van der Waals surface area contributed by atoms with E-state index in [1.165, 1.54) is 30.2 Å². The van der Waals surface area contributed by atoms with Crippen molar-refractivity contribution >= 4 is 34.4 Å². The van der Waals surface area contributed by atoms with Crippen LogP contribution in [0.2, 0.25) is 0 Å². The van der Waals surface area contributed by atoms with Crippen molar-refractivity contribution < 1.29 is 9.18 Å². The molecule has 0 spiro atoms. The van der Waals surface area contributed by atoms with E-state index in [2.05, 4.69) is 60.2 Å². The van der Waals surface area contributed by atoms with Gasteiger partial charge in [0, 0.05) is 5.69 Å². The molecule has 0 radical (unpaired) electrons. The van der Waals surface area contributed by atoms with Crippen LogP contribution in [0.4, 0.5) is 10.1 Å². The molecule has 2 aromatic heterocycles. The van der Waals surface area contributed by atoms with Gasteiger partial charge in [0.25, 0.3) is 0 Å². The van der Waals surface area contributed by atoms with Gasteiger partial charge in [-0.05, 0) is 47.2 Å². The van der Waals surface area contributed by atoms with Gasteiger partial charge in [-0.2, -0.15) is 5.10 Å². The monoisotopic (exact) mass is 463 g/mol. The number of anilines is 1. The lowest BCUT2D eigenvalue weighted by Gasteiger charge is -2.20. The summed E-state index contributed by atoms with van der Waals surface area (Å²) in [5, 5.41) is 8.94. The second kappa shape index (κ2) is 9.70. The number of amides is 1. The van der Waals surface area contributed by atoms with Crippen LogP contribution in [0, 0.1) is 5.82 Å². The molecule has 0 aliphatic rings. The van der Waals surface area contributed by atoms with Crippen molar-refractivity contribution in [1.29, 1.82) is 0 Å². The van der Waals surface area contributed by atoms with Crippen LogP contribution < -0.4 is 5.32 Å². The molecule has 2 heterocycles. The molecule has 33 heavy (non-hydrogen) atoms. The highest BCUT2D eigenvalue weighted by atomic mass is 32.2. The Morgan fingerprint density at radius 1 is 1.03 bits per heavy atom. The molecule has 0 unspecified atom stereocenters. The summed E-state index contributed by atoms with van der Waals surface area (Å²) in [7, 11) is 0. The van der Waals surface area contributed by atoms with E-state index in [9.17, 15) is 9.18 Å². The molecular weight excluding hydrogens is 437 g/mol. The smallest absolute Gasteiger partial charge is 0.234 e. The topological polar surface area (TPSA) is 72.7 Å². The molecule has 0 aliphatic heterocycles. The summed E-state index contributed by atoms with van der Waals surface area (Å²) in [4.78, 5) is 21.6. The molecule has 0 saturated heterocycles. The van der Waals surface area contributed by atoms with Gasteiger partial charge in [0.15, 0.2) is 5.65 Å². The fraction of sp³-hybridized carbons (Fsp3) is 0.280. The lowest BCUT2D eigenvalue weighted by atomic mass is 9.92. The summed E-state index contributed by atoms with van der Waals surface area (Å²) >= 11 is 1.34. The maximum absolute atomic E-state index is 13.3. The molecule has 0 atom stereocenters. The molecular formula is C25H26FN5OS. The van der Waals surface area contributed by atoms with E-state index in [1.54, 1.807) is 23.0 Å². The number of hydrogen-bond donors (Lipinski definition) is 1. The van der Waals surface area contributed by atoms with Crippen LogP contribution in [0.1, 0.15) is 50.7 Å². The van der Waals surface area contributed by atoms with Gasteiger partial charge in [-0.15, -0.1) is 0 Å². The maximum atomic E-state index is 13.3. The van der Waals surface area contributed by atoms with E-state index >= 15 is 0 Å². The normalized spacial score (nSPS) is 11.5. The summed E-state index contributed by atoms with van der Waals surface area (Å²) < 4.78 is 14.9. The maximum Gasteiger partial charge on any atom is 0.234 e. The minimum atomic E-state index is -0.313. The summed E-state index contributed by atoms with van der Waals surface area (Å²) in [6.07, 6.45) is 3.12. The van der Waals surface area contributed by atoms with Crippen molar-refractivity contribution in [2.24, 2.45) is 0 Å². The predicted molar refractivity (Wildman–Crippen MR) is 131 cm³/mol. The Kier molecular flexibility index (Phi) is 6.74. The van der Waals surface area contributed by atoms with Gasteiger partial charge in [0.2, 0.25) is 5.91 Å². The van der Waals surface area contributed by atoms with Crippen molar-refractivity contribution in [1.82, 2.24) is 19.7 Å². The van der Waals surface area contributed by atoms with Crippen LogP contribution in [0.3, 0.4) is 0 Å². The number of para-hydroxylation sites is 1. The Balaban J connectivity index is 1.54. The molecule has 6 nitrogen and oxygen atoms in total. The first-order valence-corrected chi connectivity index (χ1v) is 11.8. The van der Waals surface area contributed by atoms with Crippen molar-refractivity contribution in [3.63, 3.8) is 0 Å². The molecule has 2 aromatic carbocycles. The van der Waals surface area contributed by atoms with E-state index in [-0.39, 0.29) is 17.5 Å². The van der Waals surface area contributed by atoms with E-state index in [1.807, 2.05) is 6.07 Å². The van der Waals surface area contributed by atoms with E-state index in [0.717, 1.165) is 22.2 Å². The average molecular weight is 464 g/mol. The number of fused-ring (bicyclic) bond motifs is 1. The Labute approximate surface area is 196 Å². The number of rotatable bonds is 7. The molecule has 1 amide bonds.